The number of nitrogens with one attached hydrogen (secondary N) is 1. The van der Waals surface area contributed by atoms with Crippen molar-refractivity contribution in [1.29, 1.82) is 0 Å². The molecule has 2 N–H and O–H groups in total. The Morgan fingerprint density at radius 3 is 2.35 bits per heavy atom. The Morgan fingerprint density at radius 2 is 1.85 bits per heavy atom. The fourth-order valence-corrected chi connectivity index (χ4v) is 3.32. The van der Waals surface area contributed by atoms with Crippen LogP contribution in [-0.2, 0) is 14.8 Å². The first-order valence-corrected chi connectivity index (χ1v) is 8.07. The van der Waals surface area contributed by atoms with Gasteiger partial charge in [0.1, 0.15) is 0 Å². The molecule has 8 heteroatoms. The Morgan fingerprint density at radius 1 is 1.30 bits per heavy atom. The van der Waals surface area contributed by atoms with E-state index in [0.29, 0.717) is 13.0 Å². The van der Waals surface area contributed by atoms with Gasteiger partial charge in [-0.15, -0.1) is 0 Å². The van der Waals surface area contributed by atoms with E-state index in [0.717, 1.165) is 0 Å². The van der Waals surface area contributed by atoms with E-state index in [2.05, 4.69) is 4.72 Å². The molecule has 0 aliphatic heterocycles. The largest absolute Gasteiger partial charge is 0.389 e. The first-order valence-electron chi connectivity index (χ1n) is 5.83. The van der Waals surface area contributed by atoms with Crippen molar-refractivity contribution in [2.45, 2.75) is 23.8 Å². The maximum absolute atomic E-state index is 12.1. The second-order valence-corrected chi connectivity index (χ2v) is 7.31. The molecule has 1 rings (SSSR count). The number of halogens is 2. The smallest absolute Gasteiger partial charge is 0.240 e. The normalized spacial score (nSPS) is 15.1. The maximum Gasteiger partial charge on any atom is 0.240 e. The number of hydrogen-bond donors (Lipinski definition) is 2. The van der Waals surface area contributed by atoms with E-state index in [9.17, 15) is 13.5 Å². The molecule has 1 unspecified atom stereocenters. The summed E-state index contributed by atoms with van der Waals surface area (Å²) in [7, 11) is -2.28. The van der Waals surface area contributed by atoms with Crippen LogP contribution in [0.2, 0.25) is 10.0 Å². The van der Waals surface area contributed by atoms with Crippen molar-refractivity contribution in [1.82, 2.24) is 4.72 Å². The first-order chi connectivity index (χ1) is 9.16. The molecule has 5 nitrogen and oxygen atoms in total. The summed E-state index contributed by atoms with van der Waals surface area (Å²) >= 11 is 11.5. The van der Waals surface area contributed by atoms with E-state index in [-0.39, 0.29) is 21.5 Å². The second kappa shape index (κ2) is 7.06. The van der Waals surface area contributed by atoms with Crippen LogP contribution in [-0.4, -0.2) is 39.4 Å². The number of benzene rings is 1. The van der Waals surface area contributed by atoms with Crippen LogP contribution in [0, 0.1) is 0 Å². The summed E-state index contributed by atoms with van der Waals surface area (Å²) in [6.07, 6.45) is 0.308. The highest BCUT2D eigenvalue weighted by Gasteiger charge is 2.24. The molecule has 0 fully saturated rings. The standard InChI is InChI=1S/C12H17Cl2NO4S/c1-12(16,3-4-19-2)8-15-20(17,18)11-6-9(13)5-10(14)7-11/h5-7,15-16H,3-4,8H2,1-2H3. The highest BCUT2D eigenvalue weighted by Crippen LogP contribution is 2.22. The number of aliphatic hydroxyl groups is 1. The zero-order chi connectivity index (χ0) is 15.4. The predicted molar refractivity (Wildman–Crippen MR) is 78.8 cm³/mol. The summed E-state index contributed by atoms with van der Waals surface area (Å²) in [5.41, 5.74) is -1.20. The van der Waals surface area contributed by atoms with Crippen molar-refractivity contribution in [2.24, 2.45) is 0 Å². The average molecular weight is 342 g/mol. The summed E-state index contributed by atoms with van der Waals surface area (Å²) in [6, 6.07) is 4.02. The monoisotopic (exact) mass is 341 g/mol. The topological polar surface area (TPSA) is 75.6 Å². The summed E-state index contributed by atoms with van der Waals surface area (Å²) in [4.78, 5) is -0.0439. The molecule has 0 aliphatic carbocycles. The number of sulfonamides is 1. The van der Waals surface area contributed by atoms with Crippen molar-refractivity contribution < 1.29 is 18.3 Å². The van der Waals surface area contributed by atoms with E-state index in [1.165, 1.54) is 32.2 Å². The molecule has 1 aromatic carbocycles. The van der Waals surface area contributed by atoms with E-state index in [4.69, 9.17) is 27.9 Å². The number of rotatable bonds is 7. The van der Waals surface area contributed by atoms with Crippen molar-refractivity contribution in [2.75, 3.05) is 20.3 Å². The third kappa shape index (κ3) is 5.55. The van der Waals surface area contributed by atoms with Crippen LogP contribution in [0.25, 0.3) is 0 Å². The molecule has 0 radical (unpaired) electrons. The van der Waals surface area contributed by atoms with E-state index in [1.54, 1.807) is 0 Å². The molecule has 20 heavy (non-hydrogen) atoms. The van der Waals surface area contributed by atoms with Crippen molar-refractivity contribution in [3.05, 3.63) is 28.2 Å². The van der Waals surface area contributed by atoms with Crippen molar-refractivity contribution in [3.63, 3.8) is 0 Å². The fourth-order valence-electron chi connectivity index (χ4n) is 1.43. The molecule has 0 saturated heterocycles. The molecular weight excluding hydrogens is 325 g/mol. The van der Waals surface area contributed by atoms with Gasteiger partial charge < -0.3 is 9.84 Å². The van der Waals surface area contributed by atoms with Crippen LogP contribution >= 0.6 is 23.2 Å². The van der Waals surface area contributed by atoms with Crippen LogP contribution in [0.5, 0.6) is 0 Å². The van der Waals surface area contributed by atoms with Gasteiger partial charge in [-0.3, -0.25) is 0 Å². The van der Waals surface area contributed by atoms with Gasteiger partial charge in [-0.1, -0.05) is 23.2 Å². The lowest BCUT2D eigenvalue weighted by Crippen LogP contribution is -2.41. The quantitative estimate of drug-likeness (QED) is 0.795. The minimum atomic E-state index is -3.78. The van der Waals surface area contributed by atoms with Gasteiger partial charge in [-0.05, 0) is 25.1 Å². The maximum atomic E-state index is 12.1. The number of methoxy groups -OCH3 is 1. The predicted octanol–water partition coefficient (Wildman–Crippen LogP) is 2.06. The SMILES string of the molecule is COCCC(C)(O)CNS(=O)(=O)c1cc(Cl)cc(Cl)c1. The van der Waals surface area contributed by atoms with Gasteiger partial charge in [0.2, 0.25) is 10.0 Å². The first kappa shape index (κ1) is 17.7. The summed E-state index contributed by atoms with van der Waals surface area (Å²) < 4.78 is 31.4. The average Bonchev–Trinajstić information content (AvgIpc) is 2.33. The molecule has 0 heterocycles. The van der Waals surface area contributed by atoms with Crippen molar-refractivity contribution >= 4 is 33.2 Å². The van der Waals surface area contributed by atoms with E-state index in [1.807, 2.05) is 0 Å². The minimum absolute atomic E-state index is 0.0439. The molecule has 114 valence electrons. The summed E-state index contributed by atoms with van der Waals surface area (Å²) in [6.45, 7) is 1.72. The second-order valence-electron chi connectivity index (χ2n) is 4.67. The van der Waals surface area contributed by atoms with E-state index < -0.39 is 15.6 Å². The lowest BCUT2D eigenvalue weighted by atomic mass is 10.0. The Bertz CT molecular complexity index is 540. The molecule has 0 aliphatic rings. The van der Waals surface area contributed by atoms with Crippen LogP contribution < -0.4 is 4.72 Å². The molecule has 0 bridgehead atoms. The zero-order valence-electron chi connectivity index (χ0n) is 11.2. The van der Waals surface area contributed by atoms with Gasteiger partial charge in [0.25, 0.3) is 0 Å². The highest BCUT2D eigenvalue weighted by molar-refractivity contribution is 7.89. The van der Waals surface area contributed by atoms with Gasteiger partial charge in [-0.2, -0.15) is 0 Å². The van der Waals surface area contributed by atoms with Gasteiger partial charge in [-0.25, -0.2) is 13.1 Å². The molecule has 0 saturated carbocycles. The van der Waals surface area contributed by atoms with Crippen molar-refractivity contribution in [3.8, 4) is 0 Å². The third-order valence-electron chi connectivity index (χ3n) is 2.63. The molecule has 0 spiro atoms. The third-order valence-corrected chi connectivity index (χ3v) is 4.45. The Hall–Kier alpha value is -0.370. The van der Waals surface area contributed by atoms with Crippen LogP contribution in [0.1, 0.15) is 13.3 Å². The molecule has 1 aromatic rings. The molecular formula is C12H17Cl2NO4S. The number of hydrogen-bond acceptors (Lipinski definition) is 4. The Labute approximate surface area is 128 Å². The molecule has 1 atom stereocenters. The minimum Gasteiger partial charge on any atom is -0.389 e. The van der Waals surface area contributed by atoms with Gasteiger partial charge in [0, 0.05) is 36.7 Å². The van der Waals surface area contributed by atoms with Crippen LogP contribution in [0.15, 0.2) is 23.1 Å². The van der Waals surface area contributed by atoms with E-state index >= 15 is 0 Å². The summed E-state index contributed by atoms with van der Waals surface area (Å²) in [5.74, 6) is 0. The van der Waals surface area contributed by atoms with Gasteiger partial charge in [0.15, 0.2) is 0 Å². The van der Waals surface area contributed by atoms with Crippen LogP contribution in [0.4, 0.5) is 0 Å². The summed E-state index contributed by atoms with van der Waals surface area (Å²) in [5, 5.41) is 10.5. The van der Waals surface area contributed by atoms with Gasteiger partial charge >= 0.3 is 0 Å². The zero-order valence-corrected chi connectivity index (χ0v) is 13.5. The van der Waals surface area contributed by atoms with Gasteiger partial charge in [0.05, 0.1) is 10.5 Å². The number of ether oxygens (including phenoxy) is 1. The Kier molecular flexibility index (Phi) is 6.25. The Balaban J connectivity index is 2.80. The fraction of sp³-hybridized carbons (Fsp3) is 0.500. The lowest BCUT2D eigenvalue weighted by Gasteiger charge is -2.23. The lowest BCUT2D eigenvalue weighted by molar-refractivity contribution is 0.0292. The van der Waals surface area contributed by atoms with Crippen LogP contribution in [0.3, 0.4) is 0 Å². The highest BCUT2D eigenvalue weighted by atomic mass is 35.5. The molecule has 0 aromatic heterocycles. The molecule has 0 amide bonds.